The summed E-state index contributed by atoms with van der Waals surface area (Å²) in [6.45, 7) is 2.55. The standard InChI is InChI=1S/C12H18O4/c1-2-4-6-12(15-9-10-16-12)11(5-3-1)13-7-8-14-11/h1-2H,3-10H2/b2-1-. The van der Waals surface area contributed by atoms with Crippen molar-refractivity contribution < 1.29 is 18.9 Å². The Morgan fingerprint density at radius 3 is 1.38 bits per heavy atom. The van der Waals surface area contributed by atoms with Gasteiger partial charge in [-0.05, 0) is 12.8 Å². The van der Waals surface area contributed by atoms with E-state index >= 15 is 0 Å². The van der Waals surface area contributed by atoms with Gasteiger partial charge in [-0.25, -0.2) is 0 Å². The van der Waals surface area contributed by atoms with Gasteiger partial charge in [0.1, 0.15) is 0 Å². The summed E-state index contributed by atoms with van der Waals surface area (Å²) in [5, 5.41) is 0. The first-order chi connectivity index (χ1) is 7.87. The maximum Gasteiger partial charge on any atom is 0.224 e. The van der Waals surface area contributed by atoms with Crippen LogP contribution in [0.5, 0.6) is 0 Å². The Balaban J connectivity index is 1.92. The van der Waals surface area contributed by atoms with Crippen molar-refractivity contribution in [3.63, 3.8) is 0 Å². The van der Waals surface area contributed by atoms with Gasteiger partial charge in [-0.1, -0.05) is 12.2 Å². The van der Waals surface area contributed by atoms with Gasteiger partial charge in [-0.2, -0.15) is 0 Å². The lowest BCUT2D eigenvalue weighted by molar-refractivity contribution is -0.351. The van der Waals surface area contributed by atoms with E-state index in [9.17, 15) is 0 Å². The maximum atomic E-state index is 5.85. The molecule has 0 radical (unpaired) electrons. The van der Waals surface area contributed by atoms with Crippen LogP contribution in [0.15, 0.2) is 12.2 Å². The molecule has 2 aliphatic heterocycles. The molecule has 0 bridgehead atoms. The van der Waals surface area contributed by atoms with E-state index in [4.69, 9.17) is 18.9 Å². The molecule has 0 aromatic carbocycles. The normalized spacial score (nSPS) is 34.0. The first kappa shape index (κ1) is 10.7. The molecular formula is C12H18O4. The lowest BCUT2D eigenvalue weighted by Crippen LogP contribution is -2.56. The van der Waals surface area contributed by atoms with Gasteiger partial charge >= 0.3 is 0 Å². The van der Waals surface area contributed by atoms with E-state index in [2.05, 4.69) is 12.2 Å². The van der Waals surface area contributed by atoms with Gasteiger partial charge in [0.25, 0.3) is 0 Å². The summed E-state index contributed by atoms with van der Waals surface area (Å²) < 4.78 is 23.4. The van der Waals surface area contributed by atoms with Gasteiger partial charge in [0, 0.05) is 12.8 Å². The van der Waals surface area contributed by atoms with Crippen LogP contribution in [0.4, 0.5) is 0 Å². The molecule has 0 N–H and O–H groups in total. The Bertz CT molecular complexity index is 247. The van der Waals surface area contributed by atoms with Crippen molar-refractivity contribution in [2.75, 3.05) is 26.4 Å². The van der Waals surface area contributed by atoms with Gasteiger partial charge in [-0.15, -0.1) is 0 Å². The van der Waals surface area contributed by atoms with Crippen LogP contribution in [0.25, 0.3) is 0 Å². The van der Waals surface area contributed by atoms with Crippen molar-refractivity contribution in [2.45, 2.75) is 37.3 Å². The average molecular weight is 226 g/mol. The fourth-order valence-electron chi connectivity index (χ4n) is 2.80. The third kappa shape index (κ3) is 1.52. The monoisotopic (exact) mass is 226 g/mol. The molecule has 0 saturated carbocycles. The van der Waals surface area contributed by atoms with Crippen LogP contribution >= 0.6 is 0 Å². The van der Waals surface area contributed by atoms with Crippen molar-refractivity contribution in [3.8, 4) is 0 Å². The van der Waals surface area contributed by atoms with Gasteiger partial charge in [0.2, 0.25) is 11.6 Å². The summed E-state index contributed by atoms with van der Waals surface area (Å²) in [4.78, 5) is 0. The maximum absolute atomic E-state index is 5.85. The Morgan fingerprint density at radius 1 is 0.625 bits per heavy atom. The Kier molecular flexibility index (Phi) is 2.75. The number of fused-ring (bicyclic) bond motifs is 1. The van der Waals surface area contributed by atoms with Crippen LogP contribution in [0, 0.1) is 0 Å². The highest BCUT2D eigenvalue weighted by Crippen LogP contribution is 2.45. The Hall–Kier alpha value is -0.420. The highest BCUT2D eigenvalue weighted by atomic mass is 16.8. The molecule has 0 aromatic rings. The first-order valence-corrected chi connectivity index (χ1v) is 6.08. The predicted molar refractivity (Wildman–Crippen MR) is 56.9 cm³/mol. The van der Waals surface area contributed by atoms with E-state index in [1.54, 1.807) is 0 Å². The summed E-state index contributed by atoms with van der Waals surface area (Å²) >= 11 is 0. The number of allylic oxidation sites excluding steroid dienone is 2. The van der Waals surface area contributed by atoms with E-state index in [0.29, 0.717) is 26.4 Å². The molecule has 0 aromatic heterocycles. The van der Waals surface area contributed by atoms with E-state index in [0.717, 1.165) is 25.7 Å². The molecule has 2 heterocycles. The fraction of sp³-hybridized carbons (Fsp3) is 0.833. The number of hydrogen-bond donors (Lipinski definition) is 0. The van der Waals surface area contributed by atoms with Crippen LogP contribution in [0.3, 0.4) is 0 Å². The van der Waals surface area contributed by atoms with Crippen molar-refractivity contribution >= 4 is 0 Å². The molecule has 4 nitrogen and oxygen atoms in total. The molecule has 0 unspecified atom stereocenters. The molecule has 0 atom stereocenters. The Morgan fingerprint density at radius 2 is 1.00 bits per heavy atom. The molecule has 90 valence electrons. The second-order valence-electron chi connectivity index (χ2n) is 4.45. The van der Waals surface area contributed by atoms with Crippen LogP contribution in [-0.2, 0) is 18.9 Å². The average Bonchev–Trinajstić information content (AvgIpc) is 2.92. The number of ether oxygens (including phenoxy) is 4. The van der Waals surface area contributed by atoms with Crippen molar-refractivity contribution in [1.82, 2.24) is 0 Å². The quantitative estimate of drug-likeness (QED) is 0.588. The highest BCUT2D eigenvalue weighted by Gasteiger charge is 2.59. The Labute approximate surface area is 95.5 Å². The van der Waals surface area contributed by atoms with Crippen LogP contribution < -0.4 is 0 Å². The zero-order valence-corrected chi connectivity index (χ0v) is 9.44. The molecule has 16 heavy (non-hydrogen) atoms. The number of rotatable bonds is 0. The molecule has 2 spiro atoms. The van der Waals surface area contributed by atoms with Crippen molar-refractivity contribution in [3.05, 3.63) is 12.2 Å². The molecule has 3 aliphatic rings. The summed E-state index contributed by atoms with van der Waals surface area (Å²) in [6.07, 6.45) is 7.90. The van der Waals surface area contributed by atoms with Gasteiger partial charge in [0.05, 0.1) is 26.4 Å². The SMILES string of the molecule is C1=C\CCC2(OCCO2)C2(CC/1)OCCO2. The highest BCUT2D eigenvalue weighted by molar-refractivity contribution is 5.00. The van der Waals surface area contributed by atoms with E-state index in [-0.39, 0.29) is 0 Å². The lowest BCUT2D eigenvalue weighted by atomic mass is 9.93. The zero-order valence-electron chi connectivity index (χ0n) is 9.44. The van der Waals surface area contributed by atoms with Gasteiger partial charge in [0.15, 0.2) is 0 Å². The fourth-order valence-corrected chi connectivity index (χ4v) is 2.80. The summed E-state index contributed by atoms with van der Waals surface area (Å²) in [5.41, 5.74) is 0. The molecule has 1 aliphatic carbocycles. The van der Waals surface area contributed by atoms with Crippen LogP contribution in [0.1, 0.15) is 25.7 Å². The lowest BCUT2D eigenvalue weighted by Gasteiger charge is -2.42. The van der Waals surface area contributed by atoms with Crippen LogP contribution in [0.2, 0.25) is 0 Å². The minimum atomic E-state index is -0.672. The third-order valence-corrected chi connectivity index (χ3v) is 3.53. The second kappa shape index (κ2) is 4.11. The minimum Gasteiger partial charge on any atom is -0.343 e. The topological polar surface area (TPSA) is 36.9 Å². The minimum absolute atomic E-state index is 0.637. The molecule has 2 saturated heterocycles. The number of hydrogen-bond acceptors (Lipinski definition) is 4. The van der Waals surface area contributed by atoms with E-state index in [1.807, 2.05) is 0 Å². The van der Waals surface area contributed by atoms with Gasteiger partial charge < -0.3 is 18.9 Å². The summed E-state index contributed by atoms with van der Waals surface area (Å²) in [5.74, 6) is -1.34. The van der Waals surface area contributed by atoms with Crippen molar-refractivity contribution in [2.24, 2.45) is 0 Å². The molecule has 0 amide bonds. The molecule has 3 rings (SSSR count). The first-order valence-electron chi connectivity index (χ1n) is 6.08. The predicted octanol–water partition coefficient (Wildman–Crippen LogP) is 1.60. The van der Waals surface area contributed by atoms with Crippen LogP contribution in [-0.4, -0.2) is 38.0 Å². The van der Waals surface area contributed by atoms with Crippen molar-refractivity contribution in [1.29, 1.82) is 0 Å². The smallest absolute Gasteiger partial charge is 0.224 e. The van der Waals surface area contributed by atoms with E-state index < -0.39 is 11.6 Å². The van der Waals surface area contributed by atoms with E-state index in [1.165, 1.54) is 0 Å². The largest absolute Gasteiger partial charge is 0.343 e. The zero-order chi connectivity index (χ0) is 10.9. The summed E-state index contributed by atoms with van der Waals surface area (Å²) in [7, 11) is 0. The summed E-state index contributed by atoms with van der Waals surface area (Å²) in [6, 6.07) is 0. The second-order valence-corrected chi connectivity index (χ2v) is 4.45. The van der Waals surface area contributed by atoms with Gasteiger partial charge in [-0.3, -0.25) is 0 Å². The molecule has 4 heteroatoms. The molecular weight excluding hydrogens is 208 g/mol. The molecule has 2 fully saturated rings. The third-order valence-electron chi connectivity index (χ3n) is 3.53.